The van der Waals surface area contributed by atoms with E-state index in [4.69, 9.17) is 19.4 Å². The summed E-state index contributed by atoms with van der Waals surface area (Å²) in [6, 6.07) is 16.5. The minimum atomic E-state index is 0.0553. The number of rotatable bonds is 6. The predicted molar refractivity (Wildman–Crippen MR) is 136 cm³/mol. The third-order valence-electron chi connectivity index (χ3n) is 7.09. The van der Waals surface area contributed by atoms with Crippen LogP contribution in [0.3, 0.4) is 0 Å². The summed E-state index contributed by atoms with van der Waals surface area (Å²) in [4.78, 5) is 27.5. The van der Waals surface area contributed by atoms with Gasteiger partial charge in [0.1, 0.15) is 0 Å². The maximum Gasteiger partial charge on any atom is 0.225 e. The van der Waals surface area contributed by atoms with Gasteiger partial charge >= 0.3 is 0 Å². The van der Waals surface area contributed by atoms with Crippen LogP contribution in [0.1, 0.15) is 45.2 Å². The van der Waals surface area contributed by atoms with Crippen LogP contribution in [0.5, 0.6) is 11.5 Å². The molecule has 1 aromatic heterocycles. The number of nitrogens with zero attached hydrogens (tertiary/aromatic N) is 4. The standard InChI is InChI=1S/C28H32N4O3/c1-19-27-23(15-22(16-24(27)33)21-9-10-25(34-2)26(17-21)35-3)30-28(29-19)32-13-11-31(12-14-32)18-20-7-5-4-6-8-20/h4-10,17,22H,11-16,18H2,1-3H3/t22-/m1/s1. The topological polar surface area (TPSA) is 67.8 Å². The number of methoxy groups -OCH3 is 2. The van der Waals surface area contributed by atoms with E-state index in [0.29, 0.717) is 29.9 Å². The average molecular weight is 473 g/mol. The fraction of sp³-hybridized carbons (Fsp3) is 0.393. The Balaban J connectivity index is 1.33. The van der Waals surface area contributed by atoms with Crippen LogP contribution >= 0.6 is 0 Å². The molecular formula is C28H32N4O3. The second-order valence-corrected chi connectivity index (χ2v) is 9.32. The first-order valence-corrected chi connectivity index (χ1v) is 12.2. The summed E-state index contributed by atoms with van der Waals surface area (Å²) in [5.41, 5.74) is 4.74. The van der Waals surface area contributed by atoms with Crippen LogP contribution in [0.4, 0.5) is 5.95 Å². The van der Waals surface area contributed by atoms with Crippen molar-refractivity contribution in [1.82, 2.24) is 14.9 Å². The van der Waals surface area contributed by atoms with Gasteiger partial charge in [0.2, 0.25) is 5.95 Å². The molecule has 7 heteroatoms. The van der Waals surface area contributed by atoms with Crippen LogP contribution in [-0.2, 0) is 13.0 Å². The first-order valence-electron chi connectivity index (χ1n) is 12.2. The van der Waals surface area contributed by atoms with Crippen LogP contribution in [0.25, 0.3) is 0 Å². The lowest BCUT2D eigenvalue weighted by molar-refractivity contribution is 0.0962. The van der Waals surface area contributed by atoms with Crippen molar-refractivity contribution < 1.29 is 14.3 Å². The van der Waals surface area contributed by atoms with Crippen LogP contribution in [-0.4, -0.2) is 61.0 Å². The van der Waals surface area contributed by atoms with Gasteiger partial charge in [-0.25, -0.2) is 9.97 Å². The second-order valence-electron chi connectivity index (χ2n) is 9.32. The molecule has 1 aliphatic heterocycles. The van der Waals surface area contributed by atoms with Gasteiger partial charge in [-0.15, -0.1) is 0 Å². The molecule has 1 saturated heterocycles. The lowest BCUT2D eigenvalue weighted by Crippen LogP contribution is -2.46. The summed E-state index contributed by atoms with van der Waals surface area (Å²) in [6.45, 7) is 6.56. The van der Waals surface area contributed by atoms with E-state index in [2.05, 4.69) is 40.1 Å². The Morgan fingerprint density at radius 1 is 0.914 bits per heavy atom. The molecule has 2 heterocycles. The van der Waals surface area contributed by atoms with Crippen molar-refractivity contribution in [2.45, 2.75) is 32.2 Å². The molecule has 2 aromatic carbocycles. The first-order chi connectivity index (χ1) is 17.1. The molecule has 0 amide bonds. The summed E-state index contributed by atoms with van der Waals surface area (Å²) < 4.78 is 10.9. The summed E-state index contributed by atoms with van der Waals surface area (Å²) >= 11 is 0. The lowest BCUT2D eigenvalue weighted by Gasteiger charge is -2.35. The zero-order valence-corrected chi connectivity index (χ0v) is 20.7. The Morgan fingerprint density at radius 2 is 1.66 bits per heavy atom. The highest BCUT2D eigenvalue weighted by atomic mass is 16.5. The van der Waals surface area contributed by atoms with E-state index in [-0.39, 0.29) is 11.7 Å². The number of aromatic nitrogens is 2. The van der Waals surface area contributed by atoms with Gasteiger partial charge in [-0.1, -0.05) is 36.4 Å². The van der Waals surface area contributed by atoms with Crippen LogP contribution < -0.4 is 14.4 Å². The molecule has 1 aliphatic carbocycles. The van der Waals surface area contributed by atoms with Gasteiger partial charge in [-0.3, -0.25) is 9.69 Å². The molecule has 0 bridgehead atoms. The Labute approximate surface area is 206 Å². The molecule has 0 unspecified atom stereocenters. The molecular weight excluding hydrogens is 440 g/mol. The maximum absolute atomic E-state index is 13.1. The van der Waals surface area contributed by atoms with Gasteiger partial charge in [0.25, 0.3) is 0 Å². The number of benzene rings is 2. The summed E-state index contributed by atoms with van der Waals surface area (Å²) in [5, 5.41) is 0. The fourth-order valence-electron chi connectivity index (χ4n) is 5.19. The molecule has 0 N–H and O–H groups in total. The second kappa shape index (κ2) is 10.0. The molecule has 1 atom stereocenters. The highest BCUT2D eigenvalue weighted by molar-refractivity contribution is 5.99. The fourth-order valence-corrected chi connectivity index (χ4v) is 5.19. The first kappa shape index (κ1) is 23.3. The number of piperazine rings is 1. The number of anilines is 1. The number of ether oxygens (including phenoxy) is 2. The molecule has 1 fully saturated rings. The minimum absolute atomic E-state index is 0.0553. The monoisotopic (exact) mass is 472 g/mol. The SMILES string of the molecule is COc1ccc([C@H]2CC(=O)c3c(C)nc(N4CCN(Cc5ccccc5)CC4)nc3C2)cc1OC. The summed E-state index contributed by atoms with van der Waals surface area (Å²) in [5.74, 6) is 2.27. The van der Waals surface area contributed by atoms with Crippen LogP contribution in [0.2, 0.25) is 0 Å². The number of Topliss-reactive ketones (excluding diaryl/α,β-unsaturated/α-hetero) is 1. The minimum Gasteiger partial charge on any atom is -0.493 e. The van der Waals surface area contributed by atoms with Gasteiger partial charge < -0.3 is 14.4 Å². The van der Waals surface area contributed by atoms with E-state index in [1.165, 1.54) is 5.56 Å². The zero-order valence-electron chi connectivity index (χ0n) is 20.7. The third kappa shape index (κ3) is 4.86. The molecule has 3 aromatic rings. The van der Waals surface area contributed by atoms with Gasteiger partial charge in [-0.2, -0.15) is 0 Å². The van der Waals surface area contributed by atoms with Crippen LogP contribution in [0.15, 0.2) is 48.5 Å². The van der Waals surface area contributed by atoms with E-state index in [1.807, 2.05) is 25.1 Å². The molecule has 7 nitrogen and oxygen atoms in total. The Bertz CT molecular complexity index is 1210. The van der Waals surface area contributed by atoms with Crippen molar-refractivity contribution in [2.24, 2.45) is 0 Å². The number of fused-ring (bicyclic) bond motifs is 1. The Hall–Kier alpha value is -3.45. The van der Waals surface area contributed by atoms with Crippen LogP contribution in [0, 0.1) is 6.92 Å². The maximum atomic E-state index is 13.1. The summed E-state index contributed by atoms with van der Waals surface area (Å²) in [7, 11) is 3.26. The Morgan fingerprint density at radius 3 is 2.37 bits per heavy atom. The molecule has 5 rings (SSSR count). The van der Waals surface area contributed by atoms with E-state index in [0.717, 1.165) is 55.6 Å². The van der Waals surface area contributed by atoms with Crippen molar-refractivity contribution in [3.05, 3.63) is 76.6 Å². The molecule has 0 saturated carbocycles. The number of hydrogen-bond acceptors (Lipinski definition) is 7. The van der Waals surface area contributed by atoms with Crippen molar-refractivity contribution in [1.29, 1.82) is 0 Å². The number of ketones is 1. The number of carbonyl (C=O) groups is 1. The zero-order chi connectivity index (χ0) is 24.4. The third-order valence-corrected chi connectivity index (χ3v) is 7.09. The molecule has 0 radical (unpaired) electrons. The highest BCUT2D eigenvalue weighted by Crippen LogP contribution is 2.37. The quantitative estimate of drug-likeness (QED) is 0.536. The van der Waals surface area contributed by atoms with Gasteiger partial charge in [0.05, 0.1) is 31.2 Å². The van der Waals surface area contributed by atoms with E-state index in [9.17, 15) is 4.79 Å². The molecule has 0 spiro atoms. The van der Waals surface area contributed by atoms with Gasteiger partial charge in [0.15, 0.2) is 17.3 Å². The number of aryl methyl sites for hydroxylation is 1. The smallest absolute Gasteiger partial charge is 0.225 e. The molecule has 182 valence electrons. The molecule has 2 aliphatic rings. The van der Waals surface area contributed by atoms with Crippen molar-refractivity contribution in [3.8, 4) is 11.5 Å². The average Bonchev–Trinajstić information content (AvgIpc) is 2.88. The summed E-state index contributed by atoms with van der Waals surface area (Å²) in [6.07, 6.45) is 1.16. The van der Waals surface area contributed by atoms with Crippen molar-refractivity contribution >= 4 is 11.7 Å². The van der Waals surface area contributed by atoms with E-state index in [1.54, 1.807) is 14.2 Å². The van der Waals surface area contributed by atoms with E-state index >= 15 is 0 Å². The molecule has 35 heavy (non-hydrogen) atoms. The number of carbonyl (C=O) groups excluding carboxylic acids is 1. The van der Waals surface area contributed by atoms with E-state index < -0.39 is 0 Å². The Kier molecular flexibility index (Phi) is 6.68. The van der Waals surface area contributed by atoms with Crippen molar-refractivity contribution in [3.63, 3.8) is 0 Å². The van der Waals surface area contributed by atoms with Gasteiger partial charge in [0, 0.05) is 39.1 Å². The van der Waals surface area contributed by atoms with Crippen molar-refractivity contribution in [2.75, 3.05) is 45.3 Å². The number of hydrogen-bond donors (Lipinski definition) is 0. The normalized spacial score (nSPS) is 18.3. The van der Waals surface area contributed by atoms with Gasteiger partial charge in [-0.05, 0) is 42.5 Å². The highest BCUT2D eigenvalue weighted by Gasteiger charge is 2.31. The predicted octanol–water partition coefficient (Wildman–Crippen LogP) is 4.04. The largest absolute Gasteiger partial charge is 0.493 e. The lowest BCUT2D eigenvalue weighted by atomic mass is 9.81.